The van der Waals surface area contributed by atoms with Crippen molar-refractivity contribution in [2.45, 2.75) is 37.8 Å². The number of rotatable bonds is 7. The molecule has 0 bridgehead atoms. The molecule has 0 aliphatic carbocycles. The summed E-state index contributed by atoms with van der Waals surface area (Å²) in [4.78, 5) is 35.4. The number of nitrogens with zero attached hydrogens (tertiary/aromatic N) is 1. The molecule has 1 heterocycles. The van der Waals surface area contributed by atoms with Gasteiger partial charge in [0.15, 0.2) is 0 Å². The molecule has 1 rings (SSSR count). The zero-order valence-electron chi connectivity index (χ0n) is 11.4. The lowest BCUT2D eigenvalue weighted by Gasteiger charge is -2.29. The molecule has 8 nitrogen and oxygen atoms in total. The number of aliphatic carboxylic acids is 1. The van der Waals surface area contributed by atoms with Gasteiger partial charge in [0, 0.05) is 25.6 Å². The fraction of sp³-hybridized carbons (Fsp3) is 0.750. The largest absolute Gasteiger partial charge is 0.480 e. The number of nitrogens with one attached hydrogen (secondary N) is 1. The first-order valence-corrected chi connectivity index (χ1v) is 6.67. The number of likely N-dealkylation sites (tertiary alicyclic amines) is 1. The number of carbonyl (C=O) groups is 3. The number of carboxylic acid groups (broad SMARTS) is 1. The van der Waals surface area contributed by atoms with Crippen molar-refractivity contribution in [3.8, 4) is 0 Å². The van der Waals surface area contributed by atoms with Gasteiger partial charge in [-0.05, 0) is 19.3 Å². The highest BCUT2D eigenvalue weighted by Gasteiger charge is 2.23. The van der Waals surface area contributed by atoms with E-state index < -0.39 is 17.9 Å². The molecule has 1 saturated heterocycles. The van der Waals surface area contributed by atoms with Gasteiger partial charge >= 0.3 is 5.97 Å². The van der Waals surface area contributed by atoms with Crippen molar-refractivity contribution in [1.29, 1.82) is 0 Å². The minimum atomic E-state index is -1.17. The van der Waals surface area contributed by atoms with Gasteiger partial charge in [-0.3, -0.25) is 14.5 Å². The SMILES string of the molecule is NC(=O)CCC(NC(=O)CN1CCC(N)CC1)C(=O)O. The van der Waals surface area contributed by atoms with Crippen molar-refractivity contribution in [3.63, 3.8) is 0 Å². The van der Waals surface area contributed by atoms with Gasteiger partial charge in [-0.1, -0.05) is 0 Å². The third-order valence-corrected chi connectivity index (χ3v) is 3.31. The summed E-state index contributed by atoms with van der Waals surface area (Å²) in [6.45, 7) is 1.61. The minimum Gasteiger partial charge on any atom is -0.480 e. The molecule has 1 aliphatic rings. The molecular formula is C12H22N4O4. The van der Waals surface area contributed by atoms with Crippen LogP contribution in [0.5, 0.6) is 0 Å². The van der Waals surface area contributed by atoms with Crippen LogP contribution in [0.1, 0.15) is 25.7 Å². The van der Waals surface area contributed by atoms with Crippen LogP contribution in [0, 0.1) is 0 Å². The molecule has 0 saturated carbocycles. The summed E-state index contributed by atoms with van der Waals surface area (Å²) in [5.74, 6) is -2.12. The van der Waals surface area contributed by atoms with Crippen LogP contribution in [0.2, 0.25) is 0 Å². The quantitative estimate of drug-likeness (QED) is 0.437. The Morgan fingerprint density at radius 2 is 1.90 bits per heavy atom. The van der Waals surface area contributed by atoms with E-state index in [4.69, 9.17) is 16.6 Å². The Hall–Kier alpha value is -1.67. The molecule has 1 aliphatic heterocycles. The maximum atomic E-state index is 11.8. The summed E-state index contributed by atoms with van der Waals surface area (Å²) in [6, 6.07) is -0.904. The Labute approximate surface area is 117 Å². The van der Waals surface area contributed by atoms with Crippen molar-refractivity contribution < 1.29 is 19.5 Å². The molecule has 1 unspecified atom stereocenters. The number of piperidine rings is 1. The van der Waals surface area contributed by atoms with Crippen LogP contribution in [-0.4, -0.2) is 59.5 Å². The maximum Gasteiger partial charge on any atom is 0.326 e. The van der Waals surface area contributed by atoms with E-state index in [0.717, 1.165) is 25.9 Å². The van der Waals surface area contributed by atoms with Crippen LogP contribution in [-0.2, 0) is 14.4 Å². The van der Waals surface area contributed by atoms with Gasteiger partial charge in [-0.2, -0.15) is 0 Å². The Kier molecular flexibility index (Phi) is 6.40. The highest BCUT2D eigenvalue weighted by Crippen LogP contribution is 2.07. The van der Waals surface area contributed by atoms with Crippen LogP contribution in [0.25, 0.3) is 0 Å². The van der Waals surface area contributed by atoms with E-state index in [1.54, 1.807) is 0 Å². The van der Waals surface area contributed by atoms with E-state index in [1.807, 2.05) is 4.90 Å². The van der Waals surface area contributed by atoms with Crippen molar-refractivity contribution in [2.75, 3.05) is 19.6 Å². The molecule has 8 heteroatoms. The van der Waals surface area contributed by atoms with E-state index in [0.29, 0.717) is 0 Å². The molecule has 1 fully saturated rings. The predicted molar refractivity (Wildman–Crippen MR) is 71.6 cm³/mol. The second kappa shape index (κ2) is 7.81. The summed E-state index contributed by atoms with van der Waals surface area (Å²) in [5.41, 5.74) is 10.7. The van der Waals surface area contributed by atoms with E-state index in [2.05, 4.69) is 5.32 Å². The number of amides is 2. The lowest BCUT2D eigenvalue weighted by Crippen LogP contribution is -2.48. The minimum absolute atomic E-state index is 0.00127. The lowest BCUT2D eigenvalue weighted by atomic mass is 10.1. The summed E-state index contributed by atoms with van der Waals surface area (Å²) in [5, 5.41) is 11.4. The molecule has 1 atom stereocenters. The molecule has 0 aromatic rings. The fourth-order valence-electron chi connectivity index (χ4n) is 2.10. The molecule has 6 N–H and O–H groups in total. The second-order valence-corrected chi connectivity index (χ2v) is 5.08. The average Bonchev–Trinajstić information content (AvgIpc) is 2.36. The summed E-state index contributed by atoms with van der Waals surface area (Å²) >= 11 is 0. The molecule has 0 radical (unpaired) electrons. The van der Waals surface area contributed by atoms with E-state index in [9.17, 15) is 14.4 Å². The van der Waals surface area contributed by atoms with Gasteiger partial charge in [-0.25, -0.2) is 4.79 Å². The molecular weight excluding hydrogens is 264 g/mol. The first-order chi connectivity index (χ1) is 9.38. The number of hydrogen-bond donors (Lipinski definition) is 4. The zero-order valence-corrected chi connectivity index (χ0v) is 11.4. The topological polar surface area (TPSA) is 139 Å². The van der Waals surface area contributed by atoms with Crippen molar-refractivity contribution >= 4 is 17.8 Å². The van der Waals surface area contributed by atoms with Gasteiger partial charge in [-0.15, -0.1) is 0 Å². The van der Waals surface area contributed by atoms with Crippen LogP contribution in [0.15, 0.2) is 0 Å². The summed E-state index contributed by atoms with van der Waals surface area (Å²) in [7, 11) is 0. The Balaban J connectivity index is 2.37. The predicted octanol–water partition coefficient (Wildman–Crippen LogP) is -1.76. The number of carbonyl (C=O) groups excluding carboxylic acids is 2. The Morgan fingerprint density at radius 1 is 1.30 bits per heavy atom. The molecule has 20 heavy (non-hydrogen) atoms. The van der Waals surface area contributed by atoms with Gasteiger partial charge in [0.2, 0.25) is 11.8 Å². The molecule has 2 amide bonds. The monoisotopic (exact) mass is 286 g/mol. The third kappa shape index (κ3) is 5.98. The summed E-state index contributed by atoms with van der Waals surface area (Å²) in [6.07, 6.45) is 1.59. The number of carboxylic acids is 1. The third-order valence-electron chi connectivity index (χ3n) is 3.31. The van der Waals surface area contributed by atoms with Gasteiger partial charge in [0.05, 0.1) is 6.54 Å². The zero-order chi connectivity index (χ0) is 15.1. The van der Waals surface area contributed by atoms with Gasteiger partial charge < -0.3 is 21.9 Å². The summed E-state index contributed by atoms with van der Waals surface area (Å²) < 4.78 is 0. The van der Waals surface area contributed by atoms with Crippen LogP contribution in [0.4, 0.5) is 0 Å². The first-order valence-electron chi connectivity index (χ1n) is 6.67. The van der Waals surface area contributed by atoms with E-state index in [1.165, 1.54) is 0 Å². The number of nitrogens with two attached hydrogens (primary N) is 2. The van der Waals surface area contributed by atoms with Crippen LogP contribution in [0.3, 0.4) is 0 Å². The molecule has 0 aromatic carbocycles. The first kappa shape index (κ1) is 16.4. The van der Waals surface area contributed by atoms with Gasteiger partial charge in [0.1, 0.15) is 6.04 Å². The van der Waals surface area contributed by atoms with Crippen molar-refractivity contribution in [3.05, 3.63) is 0 Å². The fourth-order valence-corrected chi connectivity index (χ4v) is 2.10. The Morgan fingerprint density at radius 3 is 2.40 bits per heavy atom. The lowest BCUT2D eigenvalue weighted by molar-refractivity contribution is -0.142. The average molecular weight is 286 g/mol. The van der Waals surface area contributed by atoms with Crippen molar-refractivity contribution in [2.24, 2.45) is 11.5 Å². The highest BCUT2D eigenvalue weighted by atomic mass is 16.4. The molecule has 0 spiro atoms. The smallest absolute Gasteiger partial charge is 0.326 e. The highest BCUT2D eigenvalue weighted by molar-refractivity contribution is 5.85. The number of hydrogen-bond acceptors (Lipinski definition) is 5. The van der Waals surface area contributed by atoms with E-state index in [-0.39, 0.29) is 31.3 Å². The standard InChI is InChI=1S/C12H22N4O4/c13-8-3-5-16(6-4-8)7-11(18)15-9(12(19)20)1-2-10(14)17/h8-9H,1-7,13H2,(H2,14,17)(H,15,18)(H,19,20). The Bertz CT molecular complexity index is 366. The van der Waals surface area contributed by atoms with E-state index >= 15 is 0 Å². The second-order valence-electron chi connectivity index (χ2n) is 5.08. The molecule has 114 valence electrons. The van der Waals surface area contributed by atoms with Gasteiger partial charge in [0.25, 0.3) is 0 Å². The molecule has 0 aromatic heterocycles. The van der Waals surface area contributed by atoms with Crippen molar-refractivity contribution in [1.82, 2.24) is 10.2 Å². The van der Waals surface area contributed by atoms with Crippen LogP contribution >= 0.6 is 0 Å². The van der Waals surface area contributed by atoms with Crippen LogP contribution < -0.4 is 16.8 Å². The maximum absolute atomic E-state index is 11.8. The normalized spacial score (nSPS) is 18.4. The number of primary amides is 1.